The number of nitrogens with one attached hydrogen (secondary N) is 2. The first kappa shape index (κ1) is 26.7. The monoisotopic (exact) mass is 531 g/mol. The predicted molar refractivity (Wildman–Crippen MR) is 140 cm³/mol. The number of carbonyl (C=O) groups is 3. The fourth-order valence-corrected chi connectivity index (χ4v) is 3.55. The molecule has 1 amide bonds. The topological polar surface area (TPSA) is 203 Å². The molecule has 0 radical (unpaired) electrons. The second-order valence-corrected chi connectivity index (χ2v) is 8.42. The number of nitrogens with two attached hydrogens (primary N) is 1. The Bertz CT molecular complexity index is 1480. The van der Waals surface area contributed by atoms with E-state index in [9.17, 15) is 19.5 Å². The molecule has 2 aromatic heterocycles. The Balaban J connectivity index is 1.40. The van der Waals surface area contributed by atoms with E-state index < -0.39 is 23.9 Å². The molecule has 0 saturated carbocycles. The summed E-state index contributed by atoms with van der Waals surface area (Å²) in [7, 11) is 0. The van der Waals surface area contributed by atoms with Crippen LogP contribution >= 0.6 is 0 Å². The number of carbonyl (C=O) groups excluding carboxylic acids is 1. The van der Waals surface area contributed by atoms with Crippen molar-refractivity contribution in [1.82, 2.24) is 25.3 Å². The standard InChI is InChI=1S/C26H25N7O6/c27-26-32-22-21(24(33-26)39-14-15-4-2-1-3-5-15)30-18(13-29-22)12-28-17-8-6-16(7-9-17)23(36)31-19(25(37)38)10-11-20(34)35/h1-9,13,19,28H,10-12,14H2,(H,31,36)(H,34,35)(H,37,38)(H2,27,29,32,33)/t19-/m0/s1. The zero-order chi connectivity index (χ0) is 27.8. The highest BCUT2D eigenvalue weighted by atomic mass is 16.5. The van der Waals surface area contributed by atoms with Crippen LogP contribution in [0.3, 0.4) is 0 Å². The van der Waals surface area contributed by atoms with Gasteiger partial charge in [0.05, 0.1) is 18.4 Å². The molecular weight excluding hydrogens is 506 g/mol. The third-order valence-electron chi connectivity index (χ3n) is 5.53. The summed E-state index contributed by atoms with van der Waals surface area (Å²) in [5.74, 6) is -2.83. The molecule has 13 heteroatoms. The number of ether oxygens (including phenoxy) is 1. The van der Waals surface area contributed by atoms with Gasteiger partial charge < -0.3 is 31.3 Å². The lowest BCUT2D eigenvalue weighted by molar-refractivity contribution is -0.140. The minimum Gasteiger partial charge on any atom is -0.481 e. The third-order valence-corrected chi connectivity index (χ3v) is 5.53. The average molecular weight is 532 g/mol. The Labute approximate surface area is 222 Å². The molecule has 0 aliphatic carbocycles. The van der Waals surface area contributed by atoms with E-state index in [1.54, 1.807) is 18.3 Å². The Kier molecular flexibility index (Phi) is 8.41. The summed E-state index contributed by atoms with van der Waals surface area (Å²) in [5.41, 5.74) is 8.88. The summed E-state index contributed by atoms with van der Waals surface area (Å²) < 4.78 is 5.85. The molecule has 4 aromatic rings. The van der Waals surface area contributed by atoms with Crippen molar-refractivity contribution in [2.24, 2.45) is 0 Å². The normalized spacial score (nSPS) is 11.5. The van der Waals surface area contributed by atoms with E-state index >= 15 is 0 Å². The lowest BCUT2D eigenvalue weighted by Crippen LogP contribution is -2.41. The highest BCUT2D eigenvalue weighted by Gasteiger charge is 2.21. The van der Waals surface area contributed by atoms with Gasteiger partial charge in [-0.15, -0.1) is 0 Å². The van der Waals surface area contributed by atoms with Gasteiger partial charge >= 0.3 is 11.9 Å². The Morgan fingerprint density at radius 3 is 2.41 bits per heavy atom. The van der Waals surface area contributed by atoms with Gasteiger partial charge in [-0.25, -0.2) is 14.8 Å². The molecule has 200 valence electrons. The number of anilines is 2. The van der Waals surface area contributed by atoms with Crippen LogP contribution in [0.5, 0.6) is 5.88 Å². The fraction of sp³-hybridized carbons (Fsp3) is 0.192. The van der Waals surface area contributed by atoms with E-state index in [1.165, 1.54) is 12.1 Å². The first-order chi connectivity index (χ1) is 18.8. The number of nitrogen functional groups attached to an aromatic ring is 1. The van der Waals surface area contributed by atoms with E-state index in [0.29, 0.717) is 22.5 Å². The van der Waals surface area contributed by atoms with Crippen molar-refractivity contribution in [3.05, 3.63) is 77.6 Å². The molecule has 13 nitrogen and oxygen atoms in total. The highest BCUT2D eigenvalue weighted by Crippen LogP contribution is 2.22. The van der Waals surface area contributed by atoms with Crippen LogP contribution in [0.15, 0.2) is 60.8 Å². The van der Waals surface area contributed by atoms with Gasteiger partial charge in [-0.2, -0.15) is 9.97 Å². The number of hydrogen-bond acceptors (Lipinski definition) is 10. The maximum Gasteiger partial charge on any atom is 0.326 e. The largest absolute Gasteiger partial charge is 0.481 e. The van der Waals surface area contributed by atoms with Crippen molar-refractivity contribution >= 4 is 40.6 Å². The zero-order valence-electron chi connectivity index (χ0n) is 20.6. The molecule has 0 saturated heterocycles. The van der Waals surface area contributed by atoms with Crippen molar-refractivity contribution in [3.8, 4) is 5.88 Å². The van der Waals surface area contributed by atoms with Crippen molar-refractivity contribution < 1.29 is 29.3 Å². The van der Waals surface area contributed by atoms with Crippen molar-refractivity contribution in [1.29, 1.82) is 0 Å². The molecule has 39 heavy (non-hydrogen) atoms. The average Bonchev–Trinajstić information content (AvgIpc) is 2.93. The molecule has 0 unspecified atom stereocenters. The molecular formula is C26H25N7O6. The maximum atomic E-state index is 12.4. The summed E-state index contributed by atoms with van der Waals surface area (Å²) in [6, 6.07) is 14.6. The number of rotatable bonds is 12. The molecule has 1 atom stereocenters. The first-order valence-electron chi connectivity index (χ1n) is 11.8. The van der Waals surface area contributed by atoms with Crippen LogP contribution in [0.25, 0.3) is 11.2 Å². The summed E-state index contributed by atoms with van der Waals surface area (Å²) in [6.45, 7) is 0.552. The number of aliphatic carboxylic acids is 2. The molecule has 2 heterocycles. The minimum absolute atomic E-state index is 0.0198. The van der Waals surface area contributed by atoms with Crippen LogP contribution in [-0.2, 0) is 22.7 Å². The zero-order valence-corrected chi connectivity index (χ0v) is 20.6. The Morgan fingerprint density at radius 2 is 1.72 bits per heavy atom. The SMILES string of the molecule is Nc1nc(OCc2ccccc2)c2nc(CNc3ccc(C(=O)N[C@@H](CCC(=O)O)C(=O)O)cc3)cnc2n1. The van der Waals surface area contributed by atoms with E-state index in [2.05, 4.69) is 30.6 Å². The fourth-order valence-electron chi connectivity index (χ4n) is 3.55. The smallest absolute Gasteiger partial charge is 0.326 e. The van der Waals surface area contributed by atoms with Crippen LogP contribution in [0, 0.1) is 0 Å². The Hall–Kier alpha value is -5.33. The number of aromatic nitrogens is 4. The quantitative estimate of drug-likeness (QED) is 0.179. The van der Waals surface area contributed by atoms with Gasteiger partial charge in [0.15, 0.2) is 11.2 Å². The van der Waals surface area contributed by atoms with Gasteiger partial charge in [-0.1, -0.05) is 30.3 Å². The molecule has 0 bridgehead atoms. The Morgan fingerprint density at radius 1 is 0.974 bits per heavy atom. The summed E-state index contributed by atoms with van der Waals surface area (Å²) in [4.78, 5) is 51.7. The number of fused-ring (bicyclic) bond motifs is 1. The summed E-state index contributed by atoms with van der Waals surface area (Å²) in [6.07, 6.45) is 0.950. The van der Waals surface area contributed by atoms with Gasteiger partial charge in [0.2, 0.25) is 11.8 Å². The van der Waals surface area contributed by atoms with Gasteiger partial charge in [-0.3, -0.25) is 9.59 Å². The van der Waals surface area contributed by atoms with Crippen LogP contribution in [0.4, 0.5) is 11.6 Å². The molecule has 6 N–H and O–H groups in total. The molecule has 4 rings (SSSR count). The second-order valence-electron chi connectivity index (χ2n) is 8.42. The van der Waals surface area contributed by atoms with Gasteiger partial charge in [0.25, 0.3) is 5.91 Å². The van der Waals surface area contributed by atoms with Gasteiger partial charge in [0, 0.05) is 17.7 Å². The van der Waals surface area contributed by atoms with Gasteiger partial charge in [0.1, 0.15) is 12.6 Å². The van der Waals surface area contributed by atoms with Crippen molar-refractivity contribution in [2.45, 2.75) is 32.0 Å². The molecule has 0 spiro atoms. The van der Waals surface area contributed by atoms with E-state index in [0.717, 1.165) is 5.56 Å². The molecule has 0 fully saturated rings. The van der Waals surface area contributed by atoms with E-state index in [1.807, 2.05) is 30.3 Å². The maximum absolute atomic E-state index is 12.4. The lowest BCUT2D eigenvalue weighted by Gasteiger charge is -2.14. The van der Waals surface area contributed by atoms with Crippen LogP contribution in [0.1, 0.15) is 34.5 Å². The first-order valence-corrected chi connectivity index (χ1v) is 11.8. The molecule has 2 aromatic carbocycles. The molecule has 0 aliphatic rings. The number of benzene rings is 2. The van der Waals surface area contributed by atoms with E-state index in [4.69, 9.17) is 15.6 Å². The van der Waals surface area contributed by atoms with Crippen LogP contribution in [-0.4, -0.2) is 54.0 Å². The number of hydrogen-bond donors (Lipinski definition) is 5. The summed E-state index contributed by atoms with van der Waals surface area (Å²) >= 11 is 0. The summed E-state index contributed by atoms with van der Waals surface area (Å²) in [5, 5.41) is 23.5. The van der Waals surface area contributed by atoms with Gasteiger partial charge in [-0.05, 0) is 36.2 Å². The second kappa shape index (κ2) is 12.3. The molecule has 0 aliphatic heterocycles. The number of carboxylic acids is 2. The number of carboxylic acid groups (broad SMARTS) is 2. The number of nitrogens with zero attached hydrogens (tertiary/aromatic N) is 4. The number of amides is 1. The van der Waals surface area contributed by atoms with Crippen LogP contribution in [0.2, 0.25) is 0 Å². The van der Waals surface area contributed by atoms with E-state index in [-0.39, 0.29) is 43.4 Å². The highest BCUT2D eigenvalue weighted by molar-refractivity contribution is 5.97. The van der Waals surface area contributed by atoms with Crippen LogP contribution < -0.4 is 21.1 Å². The van der Waals surface area contributed by atoms with Crippen molar-refractivity contribution in [2.75, 3.05) is 11.1 Å². The predicted octanol–water partition coefficient (Wildman–Crippen LogP) is 2.24. The van der Waals surface area contributed by atoms with Crippen molar-refractivity contribution in [3.63, 3.8) is 0 Å². The lowest BCUT2D eigenvalue weighted by atomic mass is 10.1. The third kappa shape index (κ3) is 7.35. The minimum atomic E-state index is -1.31.